The second-order valence-corrected chi connectivity index (χ2v) is 5.43. The molecule has 0 spiro atoms. The quantitative estimate of drug-likeness (QED) is 0.839. The van der Waals surface area contributed by atoms with E-state index in [0.29, 0.717) is 29.9 Å². The lowest BCUT2D eigenvalue weighted by Gasteiger charge is -2.32. The number of hydrogen-bond acceptors (Lipinski definition) is 5. The van der Waals surface area contributed by atoms with Crippen LogP contribution in [-0.4, -0.2) is 29.3 Å². The van der Waals surface area contributed by atoms with Crippen LogP contribution in [-0.2, 0) is 0 Å². The van der Waals surface area contributed by atoms with E-state index in [2.05, 4.69) is 9.88 Å². The van der Waals surface area contributed by atoms with E-state index in [1.165, 1.54) is 19.3 Å². The van der Waals surface area contributed by atoms with Crippen molar-refractivity contribution >= 4 is 22.8 Å². The van der Waals surface area contributed by atoms with E-state index in [4.69, 9.17) is 10.2 Å². The minimum absolute atomic E-state index is 0.108. The molecule has 0 bridgehead atoms. The van der Waals surface area contributed by atoms with Gasteiger partial charge < -0.3 is 20.2 Å². The zero-order valence-electron chi connectivity index (χ0n) is 11.6. The minimum Gasteiger partial charge on any atom is -0.423 e. The Morgan fingerprint density at radius 3 is 2.85 bits per heavy atom. The Morgan fingerprint density at radius 2 is 2.10 bits per heavy atom. The summed E-state index contributed by atoms with van der Waals surface area (Å²) >= 11 is 0. The number of nitrogen functional groups attached to an aromatic ring is 1. The summed E-state index contributed by atoms with van der Waals surface area (Å²) in [4.78, 5) is 6.65. The number of oxazole rings is 1. The molecule has 0 unspecified atom stereocenters. The van der Waals surface area contributed by atoms with Crippen molar-refractivity contribution in [2.24, 2.45) is 0 Å². The Labute approximate surface area is 118 Å². The van der Waals surface area contributed by atoms with Crippen molar-refractivity contribution in [1.29, 1.82) is 0 Å². The molecule has 1 fully saturated rings. The van der Waals surface area contributed by atoms with E-state index in [1.54, 1.807) is 6.07 Å². The number of rotatable bonds is 4. The fourth-order valence-electron chi connectivity index (χ4n) is 2.99. The molecule has 1 heterocycles. The normalized spacial score (nSPS) is 16.6. The maximum Gasteiger partial charge on any atom is 0.298 e. The van der Waals surface area contributed by atoms with Gasteiger partial charge in [-0.1, -0.05) is 19.3 Å². The summed E-state index contributed by atoms with van der Waals surface area (Å²) in [7, 11) is 0. The monoisotopic (exact) mass is 275 g/mol. The number of nitrogens with two attached hydrogens (primary N) is 1. The topological polar surface area (TPSA) is 75.5 Å². The number of fused-ring (bicyclic) bond motifs is 1. The molecule has 0 atom stereocenters. The molecule has 0 amide bonds. The van der Waals surface area contributed by atoms with Crippen molar-refractivity contribution in [3.63, 3.8) is 0 Å². The molecule has 3 rings (SSSR count). The van der Waals surface area contributed by atoms with Crippen LogP contribution in [0.3, 0.4) is 0 Å². The summed E-state index contributed by atoms with van der Waals surface area (Å²) in [6.07, 6.45) is 6.05. The molecule has 20 heavy (non-hydrogen) atoms. The standard InChI is InChI=1S/C15H21N3O2/c16-11-6-7-13-14(10-11)20-15(17-13)18(8-9-19)12-4-2-1-3-5-12/h6-7,10,12,19H,1-5,8-9,16H2. The number of anilines is 2. The molecule has 5 heteroatoms. The van der Waals surface area contributed by atoms with Gasteiger partial charge in [0.25, 0.3) is 6.01 Å². The van der Waals surface area contributed by atoms with Gasteiger partial charge in [-0.05, 0) is 25.0 Å². The first-order valence-electron chi connectivity index (χ1n) is 7.31. The molecule has 1 aliphatic carbocycles. The van der Waals surface area contributed by atoms with E-state index >= 15 is 0 Å². The van der Waals surface area contributed by atoms with Crippen LogP contribution >= 0.6 is 0 Å². The van der Waals surface area contributed by atoms with Gasteiger partial charge in [-0.15, -0.1) is 0 Å². The van der Waals surface area contributed by atoms with Crippen LogP contribution in [0.2, 0.25) is 0 Å². The number of nitrogens with zero attached hydrogens (tertiary/aromatic N) is 2. The van der Waals surface area contributed by atoms with E-state index in [0.717, 1.165) is 18.4 Å². The predicted molar refractivity (Wildman–Crippen MR) is 79.7 cm³/mol. The van der Waals surface area contributed by atoms with Crippen molar-refractivity contribution in [1.82, 2.24) is 4.98 Å². The second-order valence-electron chi connectivity index (χ2n) is 5.43. The van der Waals surface area contributed by atoms with Crippen molar-refractivity contribution in [3.05, 3.63) is 18.2 Å². The van der Waals surface area contributed by atoms with Crippen LogP contribution in [0.4, 0.5) is 11.7 Å². The molecule has 0 radical (unpaired) electrons. The molecule has 0 aliphatic heterocycles. The highest BCUT2D eigenvalue weighted by Crippen LogP contribution is 2.29. The Morgan fingerprint density at radius 1 is 1.30 bits per heavy atom. The SMILES string of the molecule is Nc1ccc2nc(N(CCO)C3CCCCC3)oc2c1. The van der Waals surface area contributed by atoms with Crippen LogP contribution < -0.4 is 10.6 Å². The lowest BCUT2D eigenvalue weighted by Crippen LogP contribution is -2.39. The van der Waals surface area contributed by atoms with Gasteiger partial charge in [-0.25, -0.2) is 0 Å². The fourth-order valence-corrected chi connectivity index (χ4v) is 2.99. The van der Waals surface area contributed by atoms with Crippen LogP contribution in [0.5, 0.6) is 0 Å². The molecule has 108 valence electrons. The molecule has 1 aromatic carbocycles. The molecule has 0 saturated heterocycles. The highest BCUT2D eigenvalue weighted by molar-refractivity contribution is 5.78. The third-order valence-corrected chi connectivity index (χ3v) is 4.00. The summed E-state index contributed by atoms with van der Waals surface area (Å²) in [5.74, 6) is 0. The molecule has 1 saturated carbocycles. The number of aliphatic hydroxyl groups is 1. The third kappa shape index (κ3) is 2.58. The van der Waals surface area contributed by atoms with Crippen molar-refractivity contribution in [2.45, 2.75) is 38.1 Å². The summed E-state index contributed by atoms with van der Waals surface area (Å²) in [5, 5.41) is 9.32. The Bertz CT molecular complexity index is 576. The van der Waals surface area contributed by atoms with Crippen LogP contribution in [0.25, 0.3) is 11.1 Å². The first-order valence-corrected chi connectivity index (χ1v) is 7.31. The van der Waals surface area contributed by atoms with Gasteiger partial charge in [0.05, 0.1) is 6.61 Å². The lowest BCUT2D eigenvalue weighted by atomic mass is 9.94. The summed E-state index contributed by atoms with van der Waals surface area (Å²) in [5.41, 5.74) is 7.96. The summed E-state index contributed by atoms with van der Waals surface area (Å²) < 4.78 is 5.84. The predicted octanol–water partition coefficient (Wildman–Crippen LogP) is 2.54. The Balaban J connectivity index is 1.91. The van der Waals surface area contributed by atoms with Crippen molar-refractivity contribution in [2.75, 3.05) is 23.8 Å². The van der Waals surface area contributed by atoms with E-state index < -0.39 is 0 Å². The highest BCUT2D eigenvalue weighted by Gasteiger charge is 2.24. The molecular weight excluding hydrogens is 254 g/mol. The smallest absolute Gasteiger partial charge is 0.298 e. The summed E-state index contributed by atoms with van der Waals surface area (Å²) in [6, 6.07) is 6.51. The first kappa shape index (κ1) is 13.2. The lowest BCUT2D eigenvalue weighted by molar-refractivity contribution is 0.285. The summed E-state index contributed by atoms with van der Waals surface area (Å²) in [6.45, 7) is 0.671. The Hall–Kier alpha value is -1.75. The molecule has 2 aromatic rings. The second kappa shape index (κ2) is 5.71. The van der Waals surface area contributed by atoms with E-state index in [9.17, 15) is 5.11 Å². The average Bonchev–Trinajstić information content (AvgIpc) is 2.88. The van der Waals surface area contributed by atoms with Gasteiger partial charge in [0.2, 0.25) is 0 Å². The zero-order valence-corrected chi connectivity index (χ0v) is 11.6. The van der Waals surface area contributed by atoms with Gasteiger partial charge in [0.1, 0.15) is 5.52 Å². The van der Waals surface area contributed by atoms with Gasteiger partial charge in [0, 0.05) is 24.3 Å². The average molecular weight is 275 g/mol. The van der Waals surface area contributed by atoms with Crippen LogP contribution in [0, 0.1) is 0 Å². The fraction of sp³-hybridized carbons (Fsp3) is 0.533. The van der Waals surface area contributed by atoms with Crippen molar-refractivity contribution < 1.29 is 9.52 Å². The number of aromatic nitrogens is 1. The maximum absolute atomic E-state index is 9.32. The number of benzene rings is 1. The van der Waals surface area contributed by atoms with E-state index in [1.807, 2.05) is 12.1 Å². The maximum atomic E-state index is 9.32. The molecule has 1 aliphatic rings. The molecule has 1 aromatic heterocycles. The zero-order chi connectivity index (χ0) is 13.9. The largest absolute Gasteiger partial charge is 0.423 e. The van der Waals surface area contributed by atoms with Crippen LogP contribution in [0.1, 0.15) is 32.1 Å². The van der Waals surface area contributed by atoms with E-state index in [-0.39, 0.29) is 6.61 Å². The number of aliphatic hydroxyl groups excluding tert-OH is 1. The minimum atomic E-state index is 0.108. The van der Waals surface area contributed by atoms with Gasteiger partial charge in [0.15, 0.2) is 5.58 Å². The highest BCUT2D eigenvalue weighted by atomic mass is 16.4. The third-order valence-electron chi connectivity index (χ3n) is 4.00. The first-order chi connectivity index (χ1) is 9.78. The number of hydrogen-bond donors (Lipinski definition) is 2. The molecule has 5 nitrogen and oxygen atoms in total. The van der Waals surface area contributed by atoms with Gasteiger partial charge in [-0.2, -0.15) is 4.98 Å². The Kier molecular flexibility index (Phi) is 3.78. The molecule has 3 N–H and O–H groups in total. The van der Waals surface area contributed by atoms with Gasteiger partial charge in [-0.3, -0.25) is 0 Å². The van der Waals surface area contributed by atoms with Crippen LogP contribution in [0.15, 0.2) is 22.6 Å². The van der Waals surface area contributed by atoms with Crippen molar-refractivity contribution in [3.8, 4) is 0 Å². The van der Waals surface area contributed by atoms with Gasteiger partial charge >= 0.3 is 0 Å². The molecular formula is C15H21N3O2.